The number of methoxy groups -OCH3 is 2. The van der Waals surface area contributed by atoms with Crippen molar-refractivity contribution >= 4 is 23.5 Å². The van der Waals surface area contributed by atoms with E-state index in [2.05, 4.69) is 10.6 Å². The van der Waals surface area contributed by atoms with E-state index >= 15 is 0 Å². The number of nitrogens with one attached hydrogen (secondary N) is 2. The van der Waals surface area contributed by atoms with Crippen molar-refractivity contribution in [2.24, 2.45) is 0 Å². The highest BCUT2D eigenvalue weighted by Crippen LogP contribution is 2.35. The van der Waals surface area contributed by atoms with Gasteiger partial charge in [-0.25, -0.2) is 4.79 Å². The molecule has 1 aliphatic carbocycles. The van der Waals surface area contributed by atoms with Gasteiger partial charge in [0, 0.05) is 19.0 Å². The molecule has 0 atom stereocenters. The Balaban J connectivity index is 1.51. The normalized spacial score (nSPS) is 17.9. The number of anilines is 1. The Labute approximate surface area is 158 Å². The highest BCUT2D eigenvalue weighted by atomic mass is 16.5. The lowest BCUT2D eigenvalue weighted by atomic mass is 9.98. The maximum absolute atomic E-state index is 12.6. The summed E-state index contributed by atoms with van der Waals surface area (Å²) in [5.74, 6) is 0.771. The second-order valence-corrected chi connectivity index (χ2v) is 6.89. The van der Waals surface area contributed by atoms with E-state index in [1.807, 2.05) is 0 Å². The average molecular weight is 375 g/mol. The van der Waals surface area contributed by atoms with Crippen LogP contribution in [-0.2, 0) is 9.59 Å². The Morgan fingerprint density at radius 2 is 1.96 bits per heavy atom. The third kappa shape index (κ3) is 3.84. The molecule has 1 saturated heterocycles. The largest absolute Gasteiger partial charge is 0.497 e. The number of carbonyl (C=O) groups is 3. The van der Waals surface area contributed by atoms with Gasteiger partial charge in [-0.3, -0.25) is 14.5 Å². The molecule has 8 heteroatoms. The van der Waals surface area contributed by atoms with Gasteiger partial charge in [0.25, 0.3) is 5.91 Å². The number of imide groups is 1. The maximum atomic E-state index is 12.6. The van der Waals surface area contributed by atoms with Gasteiger partial charge in [-0.15, -0.1) is 0 Å². The van der Waals surface area contributed by atoms with Crippen molar-refractivity contribution in [2.75, 3.05) is 26.1 Å². The van der Waals surface area contributed by atoms with Gasteiger partial charge in [-0.1, -0.05) is 12.8 Å². The fourth-order valence-corrected chi connectivity index (χ4v) is 3.71. The summed E-state index contributed by atoms with van der Waals surface area (Å²) in [4.78, 5) is 38.1. The molecular formula is C19H25N3O5. The van der Waals surface area contributed by atoms with Crippen molar-refractivity contribution in [3.8, 4) is 11.5 Å². The van der Waals surface area contributed by atoms with Crippen LogP contribution in [0.5, 0.6) is 11.5 Å². The molecule has 0 bridgehead atoms. The number of benzene rings is 1. The smallest absolute Gasteiger partial charge is 0.325 e. The predicted molar refractivity (Wildman–Crippen MR) is 98.9 cm³/mol. The lowest BCUT2D eigenvalue weighted by molar-refractivity contribution is -0.131. The second kappa shape index (κ2) is 7.85. The van der Waals surface area contributed by atoms with Crippen LogP contribution in [0.1, 0.15) is 38.5 Å². The number of carbonyl (C=O) groups excluding carboxylic acids is 3. The first kappa shape index (κ1) is 19.0. The second-order valence-electron chi connectivity index (χ2n) is 6.89. The Hall–Kier alpha value is -2.77. The van der Waals surface area contributed by atoms with Crippen molar-refractivity contribution < 1.29 is 23.9 Å². The average Bonchev–Trinajstić information content (AvgIpc) is 3.22. The number of rotatable bonds is 7. The maximum Gasteiger partial charge on any atom is 0.325 e. The summed E-state index contributed by atoms with van der Waals surface area (Å²) in [6.07, 6.45) is 3.90. The fraction of sp³-hybridized carbons (Fsp3) is 0.526. The van der Waals surface area contributed by atoms with E-state index < -0.39 is 5.54 Å². The van der Waals surface area contributed by atoms with E-state index in [0.29, 0.717) is 36.4 Å². The number of nitrogens with zero attached hydrogens (tertiary/aromatic N) is 1. The van der Waals surface area contributed by atoms with Crippen LogP contribution >= 0.6 is 0 Å². The van der Waals surface area contributed by atoms with Crippen LogP contribution < -0.4 is 20.1 Å². The molecule has 4 amide bonds. The van der Waals surface area contributed by atoms with E-state index in [1.54, 1.807) is 25.3 Å². The molecular weight excluding hydrogens is 350 g/mol. The van der Waals surface area contributed by atoms with Crippen molar-refractivity contribution in [3.05, 3.63) is 18.2 Å². The first-order valence-electron chi connectivity index (χ1n) is 9.15. The molecule has 27 heavy (non-hydrogen) atoms. The molecule has 1 aromatic carbocycles. The lowest BCUT2D eigenvalue weighted by Crippen LogP contribution is -2.44. The summed E-state index contributed by atoms with van der Waals surface area (Å²) in [5, 5.41) is 5.63. The van der Waals surface area contributed by atoms with E-state index in [9.17, 15) is 14.4 Å². The van der Waals surface area contributed by atoms with Gasteiger partial charge in [0.15, 0.2) is 0 Å². The zero-order chi connectivity index (χ0) is 19.4. The molecule has 8 nitrogen and oxygen atoms in total. The van der Waals surface area contributed by atoms with Crippen LogP contribution in [-0.4, -0.2) is 49.0 Å². The summed E-state index contributed by atoms with van der Waals surface area (Å²) in [5.41, 5.74) is -0.154. The third-order valence-electron chi connectivity index (χ3n) is 5.17. The van der Waals surface area contributed by atoms with Gasteiger partial charge in [0.1, 0.15) is 17.0 Å². The van der Waals surface area contributed by atoms with Crippen molar-refractivity contribution in [2.45, 2.75) is 44.1 Å². The van der Waals surface area contributed by atoms with Gasteiger partial charge in [0.05, 0.1) is 19.9 Å². The molecule has 0 unspecified atom stereocenters. The summed E-state index contributed by atoms with van der Waals surface area (Å²) < 4.78 is 10.4. The van der Waals surface area contributed by atoms with Crippen LogP contribution in [0.3, 0.4) is 0 Å². The summed E-state index contributed by atoms with van der Waals surface area (Å²) in [6, 6.07) is 4.77. The van der Waals surface area contributed by atoms with Crippen LogP contribution in [0.4, 0.5) is 10.5 Å². The number of ether oxygens (including phenoxy) is 2. The standard InChI is InChI=1S/C19H25N3O5/c1-26-13-7-8-14(15(12-13)27-2)20-16(23)6-5-11-22-17(24)19(21-18(22)25)9-3-4-10-19/h7-8,12H,3-6,9-11H2,1-2H3,(H,20,23)(H,21,25). The van der Waals surface area contributed by atoms with Crippen LogP contribution in [0.2, 0.25) is 0 Å². The summed E-state index contributed by atoms with van der Waals surface area (Å²) in [6.45, 7) is 0.236. The van der Waals surface area contributed by atoms with Crippen molar-refractivity contribution in [1.82, 2.24) is 10.2 Å². The third-order valence-corrected chi connectivity index (χ3v) is 5.17. The van der Waals surface area contributed by atoms with E-state index in [-0.39, 0.29) is 30.8 Å². The minimum Gasteiger partial charge on any atom is -0.497 e. The zero-order valence-electron chi connectivity index (χ0n) is 15.7. The molecule has 1 heterocycles. The molecule has 1 saturated carbocycles. The quantitative estimate of drug-likeness (QED) is 0.713. The van der Waals surface area contributed by atoms with Gasteiger partial charge in [-0.2, -0.15) is 0 Å². The molecule has 3 rings (SSSR count). The van der Waals surface area contributed by atoms with E-state index in [1.165, 1.54) is 12.0 Å². The van der Waals surface area contributed by atoms with Crippen LogP contribution in [0.15, 0.2) is 18.2 Å². The SMILES string of the molecule is COc1ccc(NC(=O)CCCN2C(=O)NC3(CCCC3)C2=O)c(OC)c1. The molecule has 2 fully saturated rings. The Morgan fingerprint density at radius 3 is 2.63 bits per heavy atom. The van der Waals surface area contributed by atoms with Crippen molar-refractivity contribution in [3.63, 3.8) is 0 Å². The number of amides is 4. The number of urea groups is 1. The fourth-order valence-electron chi connectivity index (χ4n) is 3.71. The molecule has 1 spiro atoms. The predicted octanol–water partition coefficient (Wildman–Crippen LogP) is 2.29. The topological polar surface area (TPSA) is 97.0 Å². The molecule has 2 N–H and O–H groups in total. The van der Waals surface area contributed by atoms with Crippen LogP contribution in [0, 0.1) is 0 Å². The van der Waals surface area contributed by atoms with Gasteiger partial charge >= 0.3 is 6.03 Å². The highest BCUT2D eigenvalue weighted by molar-refractivity contribution is 6.07. The molecule has 2 aliphatic rings. The van der Waals surface area contributed by atoms with Gasteiger partial charge in [0.2, 0.25) is 5.91 Å². The summed E-state index contributed by atoms with van der Waals surface area (Å²) >= 11 is 0. The minimum atomic E-state index is -0.699. The first-order valence-corrected chi connectivity index (χ1v) is 9.15. The lowest BCUT2D eigenvalue weighted by Gasteiger charge is -2.20. The van der Waals surface area contributed by atoms with Gasteiger partial charge < -0.3 is 20.1 Å². The van der Waals surface area contributed by atoms with Gasteiger partial charge in [-0.05, 0) is 31.4 Å². The van der Waals surface area contributed by atoms with E-state index in [4.69, 9.17) is 9.47 Å². The minimum absolute atomic E-state index is 0.151. The zero-order valence-corrected chi connectivity index (χ0v) is 15.7. The number of hydrogen-bond donors (Lipinski definition) is 2. The summed E-state index contributed by atoms with van der Waals surface area (Å²) in [7, 11) is 3.07. The van der Waals surface area contributed by atoms with E-state index in [0.717, 1.165) is 12.8 Å². The van der Waals surface area contributed by atoms with Crippen LogP contribution in [0.25, 0.3) is 0 Å². The number of hydrogen-bond acceptors (Lipinski definition) is 5. The molecule has 0 radical (unpaired) electrons. The molecule has 0 aromatic heterocycles. The Bertz CT molecular complexity index is 743. The highest BCUT2D eigenvalue weighted by Gasteiger charge is 2.51. The Kier molecular flexibility index (Phi) is 5.53. The monoisotopic (exact) mass is 375 g/mol. The Morgan fingerprint density at radius 1 is 1.22 bits per heavy atom. The van der Waals surface area contributed by atoms with Crippen molar-refractivity contribution in [1.29, 1.82) is 0 Å². The molecule has 1 aromatic rings. The molecule has 146 valence electrons. The first-order chi connectivity index (χ1) is 13.0. The molecule has 1 aliphatic heterocycles.